The van der Waals surface area contributed by atoms with Gasteiger partial charge in [0, 0.05) is 17.0 Å². The van der Waals surface area contributed by atoms with Crippen LogP contribution in [-0.2, 0) is 6.61 Å². The summed E-state index contributed by atoms with van der Waals surface area (Å²) in [5.41, 5.74) is 0.0683. The molecule has 1 aromatic carbocycles. The monoisotopic (exact) mass is 248 g/mol. The third-order valence-corrected chi connectivity index (χ3v) is 2.59. The van der Waals surface area contributed by atoms with Gasteiger partial charge in [-0.05, 0) is 6.42 Å². The van der Waals surface area contributed by atoms with E-state index in [0.717, 1.165) is 0 Å². The van der Waals surface area contributed by atoms with Crippen molar-refractivity contribution in [3.8, 4) is 0 Å². The molecular formula is C11H14ClFO3. The molecule has 0 spiro atoms. The molecule has 0 fully saturated rings. The highest BCUT2D eigenvalue weighted by Gasteiger charge is 2.22. The normalized spacial score (nSPS) is 14.8. The van der Waals surface area contributed by atoms with E-state index in [-0.39, 0.29) is 23.4 Å². The Kier molecular flexibility index (Phi) is 5.15. The summed E-state index contributed by atoms with van der Waals surface area (Å²) in [5, 5.41) is 28.0. The Balaban J connectivity index is 2.94. The van der Waals surface area contributed by atoms with Gasteiger partial charge in [-0.15, -0.1) is 11.6 Å². The molecule has 5 heteroatoms. The van der Waals surface area contributed by atoms with Crippen LogP contribution in [0.2, 0.25) is 0 Å². The van der Waals surface area contributed by atoms with Crippen molar-refractivity contribution in [2.45, 2.75) is 25.2 Å². The minimum atomic E-state index is -1.33. The summed E-state index contributed by atoms with van der Waals surface area (Å²) in [6.07, 6.45) is -2.27. The molecule has 0 aliphatic carbocycles. The van der Waals surface area contributed by atoms with Gasteiger partial charge >= 0.3 is 0 Å². The molecule has 2 atom stereocenters. The first-order chi connectivity index (χ1) is 7.61. The molecule has 0 saturated heterocycles. The van der Waals surface area contributed by atoms with Crippen molar-refractivity contribution in [1.29, 1.82) is 0 Å². The summed E-state index contributed by atoms with van der Waals surface area (Å²) in [4.78, 5) is 0. The van der Waals surface area contributed by atoms with Crippen LogP contribution >= 0.6 is 11.6 Å². The Morgan fingerprint density at radius 2 is 2.00 bits per heavy atom. The maximum absolute atomic E-state index is 13.7. The van der Waals surface area contributed by atoms with Crippen LogP contribution in [0.4, 0.5) is 4.39 Å². The van der Waals surface area contributed by atoms with Gasteiger partial charge in [0.1, 0.15) is 11.9 Å². The smallest absolute Gasteiger partial charge is 0.134 e. The lowest BCUT2D eigenvalue weighted by atomic mass is 10.00. The SMILES string of the molecule is OCc1cccc(C(O)C(O)CCCl)c1F. The molecule has 3 nitrogen and oxygen atoms in total. The fraction of sp³-hybridized carbons (Fsp3) is 0.455. The van der Waals surface area contributed by atoms with Gasteiger partial charge in [-0.2, -0.15) is 0 Å². The van der Waals surface area contributed by atoms with Crippen LogP contribution in [0.1, 0.15) is 23.7 Å². The zero-order valence-electron chi connectivity index (χ0n) is 8.61. The molecule has 0 bridgehead atoms. The maximum atomic E-state index is 13.7. The Bertz CT molecular complexity index is 346. The molecule has 1 aromatic rings. The van der Waals surface area contributed by atoms with Crippen molar-refractivity contribution in [2.75, 3.05) is 5.88 Å². The van der Waals surface area contributed by atoms with E-state index in [4.69, 9.17) is 16.7 Å². The molecule has 0 heterocycles. The Labute approximate surface area is 98.1 Å². The number of halogens is 2. The van der Waals surface area contributed by atoms with Crippen LogP contribution in [0.15, 0.2) is 18.2 Å². The van der Waals surface area contributed by atoms with Gasteiger partial charge in [0.15, 0.2) is 0 Å². The standard InChI is InChI=1S/C11H14ClFO3/c12-5-4-9(15)11(16)8-3-1-2-7(6-14)10(8)13/h1-3,9,11,14-16H,4-6H2. The van der Waals surface area contributed by atoms with Gasteiger partial charge in [0.05, 0.1) is 12.7 Å². The third kappa shape index (κ3) is 2.92. The van der Waals surface area contributed by atoms with E-state index in [1.54, 1.807) is 0 Å². The van der Waals surface area contributed by atoms with Crippen LogP contribution in [0.5, 0.6) is 0 Å². The van der Waals surface area contributed by atoms with Crippen LogP contribution < -0.4 is 0 Å². The zero-order valence-corrected chi connectivity index (χ0v) is 9.36. The minimum absolute atomic E-state index is 0.0239. The van der Waals surface area contributed by atoms with Crippen molar-refractivity contribution in [1.82, 2.24) is 0 Å². The average molecular weight is 249 g/mol. The predicted octanol–water partition coefficient (Wildman–Crippen LogP) is 1.34. The number of benzene rings is 1. The van der Waals surface area contributed by atoms with Gasteiger partial charge < -0.3 is 15.3 Å². The highest BCUT2D eigenvalue weighted by molar-refractivity contribution is 6.17. The second-order valence-electron chi connectivity index (χ2n) is 3.47. The van der Waals surface area contributed by atoms with Crippen molar-refractivity contribution in [2.24, 2.45) is 0 Å². The highest BCUT2D eigenvalue weighted by atomic mass is 35.5. The van der Waals surface area contributed by atoms with Gasteiger partial charge in [-0.25, -0.2) is 4.39 Å². The molecule has 2 unspecified atom stereocenters. The Hall–Kier alpha value is -0.680. The predicted molar refractivity (Wildman–Crippen MR) is 58.6 cm³/mol. The van der Waals surface area contributed by atoms with E-state index in [1.165, 1.54) is 18.2 Å². The number of rotatable bonds is 5. The molecule has 90 valence electrons. The number of hydrogen-bond acceptors (Lipinski definition) is 3. The van der Waals surface area contributed by atoms with E-state index in [1.807, 2.05) is 0 Å². The second kappa shape index (κ2) is 6.15. The zero-order chi connectivity index (χ0) is 12.1. The molecule has 1 rings (SSSR count). The maximum Gasteiger partial charge on any atom is 0.134 e. The molecule has 0 aliphatic rings. The molecule has 0 amide bonds. The van der Waals surface area contributed by atoms with E-state index < -0.39 is 24.6 Å². The minimum Gasteiger partial charge on any atom is -0.392 e. The molecule has 0 aromatic heterocycles. The lowest BCUT2D eigenvalue weighted by Crippen LogP contribution is -2.20. The van der Waals surface area contributed by atoms with Crippen LogP contribution in [0.3, 0.4) is 0 Å². The second-order valence-corrected chi connectivity index (χ2v) is 3.85. The van der Waals surface area contributed by atoms with Crippen LogP contribution in [-0.4, -0.2) is 27.3 Å². The summed E-state index contributed by atoms with van der Waals surface area (Å²) in [6.45, 7) is -0.446. The van der Waals surface area contributed by atoms with Gasteiger partial charge in [-0.3, -0.25) is 0 Å². The lowest BCUT2D eigenvalue weighted by molar-refractivity contribution is 0.0147. The number of hydrogen-bond donors (Lipinski definition) is 3. The lowest BCUT2D eigenvalue weighted by Gasteiger charge is -2.18. The largest absolute Gasteiger partial charge is 0.392 e. The third-order valence-electron chi connectivity index (χ3n) is 2.37. The van der Waals surface area contributed by atoms with Crippen LogP contribution in [0.25, 0.3) is 0 Å². The molecule has 16 heavy (non-hydrogen) atoms. The summed E-state index contributed by atoms with van der Waals surface area (Å²) >= 11 is 5.42. The molecule has 3 N–H and O–H groups in total. The molecule has 0 radical (unpaired) electrons. The summed E-state index contributed by atoms with van der Waals surface area (Å²) < 4.78 is 13.7. The van der Waals surface area contributed by atoms with Crippen molar-refractivity contribution in [3.63, 3.8) is 0 Å². The fourth-order valence-electron chi connectivity index (χ4n) is 1.43. The summed E-state index contributed by atoms with van der Waals surface area (Å²) in [7, 11) is 0. The van der Waals surface area contributed by atoms with E-state index in [2.05, 4.69) is 0 Å². The summed E-state index contributed by atoms with van der Waals surface area (Å²) in [5.74, 6) is -0.509. The highest BCUT2D eigenvalue weighted by Crippen LogP contribution is 2.24. The van der Waals surface area contributed by atoms with Gasteiger partial charge in [0.2, 0.25) is 0 Å². The first-order valence-electron chi connectivity index (χ1n) is 4.92. The molecule has 0 aliphatic heterocycles. The molecular weight excluding hydrogens is 235 g/mol. The van der Waals surface area contributed by atoms with Gasteiger partial charge in [-0.1, -0.05) is 18.2 Å². The van der Waals surface area contributed by atoms with E-state index in [0.29, 0.717) is 0 Å². The first kappa shape index (κ1) is 13.4. The van der Waals surface area contributed by atoms with Crippen molar-refractivity contribution >= 4 is 11.6 Å². The topological polar surface area (TPSA) is 60.7 Å². The number of alkyl halides is 1. The Morgan fingerprint density at radius 3 is 2.56 bits per heavy atom. The van der Waals surface area contributed by atoms with Gasteiger partial charge in [0.25, 0.3) is 0 Å². The van der Waals surface area contributed by atoms with E-state index >= 15 is 0 Å². The summed E-state index contributed by atoms with van der Waals surface area (Å²) in [6, 6.07) is 4.30. The first-order valence-corrected chi connectivity index (χ1v) is 5.45. The van der Waals surface area contributed by atoms with E-state index in [9.17, 15) is 14.6 Å². The fourth-order valence-corrected chi connectivity index (χ4v) is 1.65. The quantitative estimate of drug-likeness (QED) is 0.690. The van der Waals surface area contributed by atoms with Crippen molar-refractivity contribution in [3.05, 3.63) is 35.1 Å². The number of aliphatic hydroxyl groups excluding tert-OH is 3. The number of aliphatic hydroxyl groups is 3. The molecule has 0 saturated carbocycles. The Morgan fingerprint density at radius 1 is 1.31 bits per heavy atom. The average Bonchev–Trinajstić information content (AvgIpc) is 2.29. The van der Waals surface area contributed by atoms with Crippen molar-refractivity contribution < 1.29 is 19.7 Å². The van der Waals surface area contributed by atoms with Crippen LogP contribution in [0, 0.1) is 5.82 Å².